The van der Waals surface area contributed by atoms with Crippen LogP contribution < -0.4 is 15.6 Å². The zero-order chi connectivity index (χ0) is 33.1. The molecule has 0 heterocycles. The second kappa shape index (κ2) is 13.9. The maximum absolute atomic E-state index is 8.56. The minimum Gasteiger partial charge on any atom is -0.149 e. The first kappa shape index (κ1) is 32.8. The van der Waals surface area contributed by atoms with Crippen LogP contribution in [-0.4, -0.2) is 7.38 Å². The summed E-state index contributed by atoms with van der Waals surface area (Å²) in [5.74, 6) is 0. The van der Waals surface area contributed by atoms with Crippen molar-refractivity contribution in [1.82, 2.24) is 0 Å². The molecule has 0 N–H and O–H groups in total. The number of aryl methyl sites for hydroxylation is 6. The van der Waals surface area contributed by atoms with Gasteiger partial charge < -0.3 is 0 Å². The molecule has 47 heavy (non-hydrogen) atoms. The molecule has 2 heteroatoms. The molecule has 0 amide bonds. The Morgan fingerprint density at radius 2 is 0.596 bits per heavy atom. The molecule has 0 nitrogen and oxygen atoms in total. The SMILES string of the molecule is Cc1cc(C)cc(Cc2ccccc2[Si](Cl)(c2ccccc2Cc2cc(C)cc(C)c2)c2ccccc2Cc2cc(C)cc(C)c2)c1. The molecule has 0 radical (unpaired) electrons. The molecule has 0 saturated heterocycles. The van der Waals surface area contributed by atoms with Gasteiger partial charge in [-0.1, -0.05) is 161 Å². The Morgan fingerprint density at radius 1 is 0.362 bits per heavy atom. The van der Waals surface area contributed by atoms with Crippen LogP contribution in [0.3, 0.4) is 0 Å². The van der Waals surface area contributed by atoms with E-state index in [9.17, 15) is 0 Å². The number of benzene rings is 6. The predicted molar refractivity (Wildman–Crippen MR) is 206 cm³/mol. The minimum atomic E-state index is -3.08. The Balaban J connectivity index is 1.58. The van der Waals surface area contributed by atoms with Crippen LogP contribution in [0.15, 0.2) is 127 Å². The van der Waals surface area contributed by atoms with Gasteiger partial charge in [-0.25, -0.2) is 0 Å². The molecular weight excluding hydrogens is 604 g/mol. The minimum absolute atomic E-state index is 0.846. The zero-order valence-corrected chi connectivity index (χ0v) is 30.4. The quantitative estimate of drug-likeness (QED) is 0.0832. The lowest BCUT2D eigenvalue weighted by molar-refractivity contribution is 1.17. The van der Waals surface area contributed by atoms with Gasteiger partial charge >= 0.3 is 0 Å². The molecule has 0 atom stereocenters. The van der Waals surface area contributed by atoms with E-state index in [1.54, 1.807) is 0 Å². The summed E-state index contributed by atoms with van der Waals surface area (Å²) in [4.78, 5) is 0. The molecule has 0 bridgehead atoms. The summed E-state index contributed by atoms with van der Waals surface area (Å²) in [5, 5.41) is 3.84. The molecule has 0 aliphatic carbocycles. The van der Waals surface area contributed by atoms with Crippen molar-refractivity contribution in [3.63, 3.8) is 0 Å². The van der Waals surface area contributed by atoms with Crippen LogP contribution in [0.1, 0.15) is 66.8 Å². The van der Waals surface area contributed by atoms with Crippen LogP contribution in [0.4, 0.5) is 0 Å². The molecule has 6 rings (SSSR count). The zero-order valence-electron chi connectivity index (χ0n) is 28.6. The average Bonchev–Trinajstić information content (AvgIpc) is 3.00. The molecule has 0 spiro atoms. The van der Waals surface area contributed by atoms with E-state index in [1.165, 1.54) is 82.3 Å². The van der Waals surface area contributed by atoms with Crippen LogP contribution >= 0.6 is 11.1 Å². The van der Waals surface area contributed by atoms with Crippen molar-refractivity contribution in [1.29, 1.82) is 0 Å². The van der Waals surface area contributed by atoms with Gasteiger partial charge in [-0.3, -0.25) is 0 Å². The highest BCUT2D eigenvalue weighted by Crippen LogP contribution is 2.24. The highest BCUT2D eigenvalue weighted by atomic mass is 35.6. The van der Waals surface area contributed by atoms with E-state index >= 15 is 0 Å². The van der Waals surface area contributed by atoms with Crippen LogP contribution in [0.5, 0.6) is 0 Å². The standard InChI is InChI=1S/C45H45ClSi/c1-31-19-32(2)23-37(22-31)28-40-13-7-10-16-43(40)47(46,44-17-11-8-14-41(44)29-38-24-33(3)20-34(4)25-38)45-18-12-9-15-42(45)30-39-26-35(5)21-36(6)27-39/h7-27H,28-30H2,1-6H3. The Labute approximate surface area is 287 Å². The van der Waals surface area contributed by atoms with Crippen molar-refractivity contribution in [2.75, 3.05) is 0 Å². The van der Waals surface area contributed by atoms with Gasteiger partial charge in [0.25, 0.3) is 0 Å². The number of halogens is 1. The van der Waals surface area contributed by atoms with Crippen molar-refractivity contribution in [3.8, 4) is 0 Å². The van der Waals surface area contributed by atoms with E-state index in [-0.39, 0.29) is 0 Å². The lowest BCUT2D eigenvalue weighted by atomic mass is 10.0. The fraction of sp³-hybridized carbons (Fsp3) is 0.200. The van der Waals surface area contributed by atoms with Crippen molar-refractivity contribution >= 4 is 34.0 Å². The normalized spacial score (nSPS) is 11.6. The van der Waals surface area contributed by atoms with Gasteiger partial charge in [0.1, 0.15) is 0 Å². The topological polar surface area (TPSA) is 0 Å². The second-order valence-corrected chi connectivity index (χ2v) is 18.3. The van der Waals surface area contributed by atoms with Crippen LogP contribution in [-0.2, 0) is 19.3 Å². The third-order valence-corrected chi connectivity index (χ3v) is 14.7. The van der Waals surface area contributed by atoms with Gasteiger partial charge in [-0.2, -0.15) is 0 Å². The summed E-state index contributed by atoms with van der Waals surface area (Å²) < 4.78 is 0. The van der Waals surface area contributed by atoms with Crippen molar-refractivity contribution in [3.05, 3.63) is 194 Å². The molecule has 0 aliphatic heterocycles. The molecule has 0 aromatic heterocycles. The van der Waals surface area contributed by atoms with Crippen LogP contribution in [0.25, 0.3) is 0 Å². The molecule has 0 unspecified atom stereocenters. The number of rotatable bonds is 9. The molecule has 0 fully saturated rings. The average molecular weight is 649 g/mol. The molecule has 6 aromatic carbocycles. The van der Waals surface area contributed by atoms with Crippen molar-refractivity contribution < 1.29 is 0 Å². The van der Waals surface area contributed by atoms with Gasteiger partial charge in [0.2, 0.25) is 7.38 Å². The lowest BCUT2D eigenvalue weighted by Gasteiger charge is -2.32. The number of hydrogen-bond acceptors (Lipinski definition) is 0. The number of hydrogen-bond donors (Lipinski definition) is 0. The van der Waals surface area contributed by atoms with E-state index in [0.29, 0.717) is 0 Å². The highest BCUT2D eigenvalue weighted by molar-refractivity contribution is 7.40. The summed E-state index contributed by atoms with van der Waals surface area (Å²) in [7, 11) is -3.08. The predicted octanol–water partition coefficient (Wildman–Crippen LogP) is 9.52. The fourth-order valence-corrected chi connectivity index (χ4v) is 13.0. The van der Waals surface area contributed by atoms with Crippen molar-refractivity contribution in [2.45, 2.75) is 60.8 Å². The molecule has 236 valence electrons. The van der Waals surface area contributed by atoms with Crippen LogP contribution in [0.2, 0.25) is 0 Å². The Hall–Kier alpha value is -4.17. The first-order valence-electron chi connectivity index (χ1n) is 16.7. The first-order valence-corrected chi connectivity index (χ1v) is 19.8. The monoisotopic (exact) mass is 648 g/mol. The summed E-state index contributed by atoms with van der Waals surface area (Å²) in [6, 6.07) is 47.6. The highest BCUT2D eigenvalue weighted by Gasteiger charge is 2.42. The van der Waals surface area contributed by atoms with E-state index in [0.717, 1.165) is 19.3 Å². The van der Waals surface area contributed by atoms with E-state index in [4.69, 9.17) is 11.1 Å². The third kappa shape index (κ3) is 7.38. The Bertz CT molecular complexity index is 1760. The van der Waals surface area contributed by atoms with Gasteiger partial charge in [0, 0.05) is 0 Å². The van der Waals surface area contributed by atoms with Crippen LogP contribution in [0, 0.1) is 41.5 Å². The van der Waals surface area contributed by atoms with Gasteiger partial charge in [-0.15, -0.1) is 11.1 Å². The Kier molecular flexibility index (Phi) is 9.69. The van der Waals surface area contributed by atoms with E-state index in [2.05, 4.69) is 169 Å². The van der Waals surface area contributed by atoms with E-state index in [1.807, 2.05) is 0 Å². The van der Waals surface area contributed by atoms with E-state index < -0.39 is 7.38 Å². The largest absolute Gasteiger partial charge is 0.248 e. The van der Waals surface area contributed by atoms with Gasteiger partial charge in [0.05, 0.1) is 0 Å². The second-order valence-electron chi connectivity index (χ2n) is 13.6. The molecule has 0 saturated carbocycles. The molecule has 0 aliphatic rings. The van der Waals surface area contributed by atoms with Gasteiger partial charge in [-0.05, 0) is 110 Å². The summed E-state index contributed by atoms with van der Waals surface area (Å²) in [6.07, 6.45) is 2.54. The molecular formula is C45H45ClSi. The lowest BCUT2D eigenvalue weighted by Crippen LogP contribution is -2.65. The first-order chi connectivity index (χ1) is 22.6. The van der Waals surface area contributed by atoms with Gasteiger partial charge in [0.15, 0.2) is 0 Å². The summed E-state index contributed by atoms with van der Waals surface area (Å²) in [5.41, 5.74) is 15.7. The smallest absolute Gasteiger partial charge is 0.149 e. The maximum atomic E-state index is 8.56. The molecule has 6 aromatic rings. The Morgan fingerprint density at radius 3 is 0.851 bits per heavy atom. The third-order valence-electron chi connectivity index (χ3n) is 9.19. The van der Waals surface area contributed by atoms with Crippen molar-refractivity contribution in [2.24, 2.45) is 0 Å². The fourth-order valence-electron chi connectivity index (χ4n) is 7.64. The summed E-state index contributed by atoms with van der Waals surface area (Å²) >= 11 is 8.56. The summed E-state index contributed by atoms with van der Waals surface area (Å²) in [6.45, 7) is 13.1. The maximum Gasteiger partial charge on any atom is 0.248 e.